The Bertz CT molecular complexity index is 563. The Hall–Kier alpha value is -2.51. The highest BCUT2D eigenvalue weighted by Gasteiger charge is 2.33. The lowest BCUT2D eigenvalue weighted by Gasteiger charge is -2.14. The molecule has 8 heteroatoms. The molecule has 0 aliphatic rings. The van der Waals surface area contributed by atoms with E-state index >= 15 is 0 Å². The number of carboxylic acid groups (broad SMARTS) is 1. The molecule has 0 amide bonds. The number of halogens is 3. The van der Waals surface area contributed by atoms with Gasteiger partial charge in [-0.3, -0.25) is 0 Å². The lowest BCUT2D eigenvalue weighted by atomic mass is 10.2. The van der Waals surface area contributed by atoms with Gasteiger partial charge >= 0.3 is 12.3 Å². The van der Waals surface area contributed by atoms with Gasteiger partial charge in [0.2, 0.25) is 0 Å². The quantitative estimate of drug-likeness (QED) is 0.476. The first-order valence-corrected chi connectivity index (χ1v) is 5.09. The number of rotatable bonds is 4. The van der Waals surface area contributed by atoms with E-state index < -0.39 is 35.4 Å². The molecule has 108 valence electrons. The molecule has 0 aromatic heterocycles. The van der Waals surface area contributed by atoms with E-state index in [-0.39, 0.29) is 5.57 Å². The maximum absolute atomic E-state index is 12.2. The molecule has 0 radical (unpaired) electrons. The molecular formula is C12H8F3O5-. The number of hydrogen-bond acceptors (Lipinski definition) is 5. The zero-order valence-corrected chi connectivity index (χ0v) is 10.1. The summed E-state index contributed by atoms with van der Waals surface area (Å²) in [7, 11) is 0. The molecule has 5 nitrogen and oxygen atoms in total. The van der Waals surface area contributed by atoms with Gasteiger partial charge in [0.1, 0.15) is 0 Å². The molecule has 0 saturated carbocycles. The minimum absolute atomic E-state index is 0.0817. The normalized spacial score (nSPS) is 10.8. The van der Waals surface area contributed by atoms with Crippen molar-refractivity contribution in [1.29, 1.82) is 0 Å². The van der Waals surface area contributed by atoms with Crippen molar-refractivity contribution in [2.24, 2.45) is 0 Å². The maximum atomic E-state index is 12.2. The van der Waals surface area contributed by atoms with Gasteiger partial charge in [-0.05, 0) is 25.1 Å². The number of hydrogen-bond donors (Lipinski definition) is 0. The molecule has 20 heavy (non-hydrogen) atoms. The summed E-state index contributed by atoms with van der Waals surface area (Å²) in [5.74, 6) is -4.21. The van der Waals surface area contributed by atoms with Crippen LogP contribution in [0.4, 0.5) is 13.2 Å². The first-order valence-electron chi connectivity index (χ1n) is 5.09. The minimum atomic E-state index is -5.02. The van der Waals surface area contributed by atoms with Crippen LogP contribution in [-0.4, -0.2) is 18.3 Å². The predicted octanol–water partition coefficient (Wildman–Crippen LogP) is 1.43. The van der Waals surface area contributed by atoms with Gasteiger partial charge in [-0.15, -0.1) is 13.2 Å². The smallest absolute Gasteiger partial charge is 0.545 e. The fourth-order valence-corrected chi connectivity index (χ4v) is 1.11. The van der Waals surface area contributed by atoms with Gasteiger partial charge in [0.05, 0.1) is 5.97 Å². The third kappa shape index (κ3) is 4.30. The van der Waals surface area contributed by atoms with Gasteiger partial charge in [-0.25, -0.2) is 4.79 Å². The Morgan fingerprint density at radius 1 is 1.25 bits per heavy atom. The van der Waals surface area contributed by atoms with Crippen LogP contribution in [0.3, 0.4) is 0 Å². The molecule has 0 unspecified atom stereocenters. The number of ether oxygens (including phenoxy) is 2. The molecule has 1 rings (SSSR count). The van der Waals surface area contributed by atoms with Gasteiger partial charge in [-0.1, -0.05) is 6.58 Å². The molecule has 0 N–H and O–H groups in total. The summed E-state index contributed by atoms with van der Waals surface area (Å²) in [5, 5.41) is 10.6. The monoisotopic (exact) mass is 289 g/mol. The second-order valence-corrected chi connectivity index (χ2v) is 3.67. The zero-order valence-electron chi connectivity index (χ0n) is 10.1. The van der Waals surface area contributed by atoms with Crippen LogP contribution in [-0.2, 0) is 4.79 Å². The van der Waals surface area contributed by atoms with Gasteiger partial charge in [0, 0.05) is 11.1 Å². The largest absolute Gasteiger partial charge is 0.573 e. The molecule has 0 spiro atoms. The maximum Gasteiger partial charge on any atom is 0.573 e. The van der Waals surface area contributed by atoms with Crippen LogP contribution in [0, 0.1) is 0 Å². The van der Waals surface area contributed by atoms with Crippen LogP contribution >= 0.6 is 0 Å². The fourth-order valence-electron chi connectivity index (χ4n) is 1.11. The molecule has 0 aliphatic heterocycles. The van der Waals surface area contributed by atoms with Crippen LogP contribution < -0.4 is 14.6 Å². The number of esters is 1. The molecule has 0 aliphatic carbocycles. The van der Waals surface area contributed by atoms with E-state index in [0.29, 0.717) is 12.1 Å². The van der Waals surface area contributed by atoms with Gasteiger partial charge in [-0.2, -0.15) is 0 Å². The molecule has 0 heterocycles. The topological polar surface area (TPSA) is 75.7 Å². The van der Waals surface area contributed by atoms with E-state index in [1.165, 1.54) is 6.92 Å². The molecule has 0 saturated heterocycles. The number of carboxylic acids is 1. The average molecular weight is 289 g/mol. The summed E-state index contributed by atoms with van der Waals surface area (Å²) >= 11 is 0. The number of aromatic carboxylic acids is 1. The summed E-state index contributed by atoms with van der Waals surface area (Å²) in [6.45, 7) is 4.52. The molecule has 0 atom stereocenters. The highest BCUT2D eigenvalue weighted by atomic mass is 19.4. The standard InChI is InChI=1S/C12H9F3O5/c1-6(2)11(18)19-9-5-7(10(16)17)3-4-8(9)20-12(13,14)15/h3-5H,1H2,2H3,(H,16,17)/p-1. The zero-order chi connectivity index (χ0) is 15.5. The lowest BCUT2D eigenvalue weighted by Crippen LogP contribution is -2.23. The second-order valence-electron chi connectivity index (χ2n) is 3.67. The first-order chi connectivity index (χ1) is 9.10. The Morgan fingerprint density at radius 2 is 1.85 bits per heavy atom. The predicted molar refractivity (Wildman–Crippen MR) is 57.9 cm³/mol. The van der Waals surface area contributed by atoms with Gasteiger partial charge < -0.3 is 19.4 Å². The minimum Gasteiger partial charge on any atom is -0.545 e. The van der Waals surface area contributed by atoms with Crippen LogP contribution in [0.2, 0.25) is 0 Å². The van der Waals surface area contributed by atoms with E-state index in [0.717, 1.165) is 6.07 Å². The third-order valence-electron chi connectivity index (χ3n) is 1.96. The van der Waals surface area contributed by atoms with E-state index in [1.807, 2.05) is 0 Å². The average Bonchev–Trinajstić information content (AvgIpc) is 2.28. The van der Waals surface area contributed by atoms with Crippen molar-refractivity contribution >= 4 is 11.9 Å². The molecule has 0 fully saturated rings. The van der Waals surface area contributed by atoms with Crippen LogP contribution in [0.25, 0.3) is 0 Å². The summed E-state index contributed by atoms with van der Waals surface area (Å²) < 4.78 is 44.7. The lowest BCUT2D eigenvalue weighted by molar-refractivity contribution is -0.275. The van der Waals surface area contributed by atoms with Gasteiger partial charge in [0.25, 0.3) is 0 Å². The summed E-state index contributed by atoms with van der Waals surface area (Å²) in [6.07, 6.45) is -5.02. The Labute approximate surface area is 111 Å². The molecular weight excluding hydrogens is 281 g/mol. The number of alkyl halides is 3. The van der Waals surface area contributed by atoms with E-state index in [2.05, 4.69) is 16.1 Å². The van der Waals surface area contributed by atoms with Crippen LogP contribution in [0.5, 0.6) is 11.5 Å². The van der Waals surface area contributed by atoms with Crippen molar-refractivity contribution in [1.82, 2.24) is 0 Å². The number of benzene rings is 1. The van der Waals surface area contributed by atoms with Crippen molar-refractivity contribution in [2.75, 3.05) is 0 Å². The summed E-state index contributed by atoms with van der Waals surface area (Å²) in [5.41, 5.74) is -0.550. The van der Waals surface area contributed by atoms with E-state index in [4.69, 9.17) is 0 Å². The van der Waals surface area contributed by atoms with Crippen molar-refractivity contribution in [3.8, 4) is 11.5 Å². The SMILES string of the molecule is C=C(C)C(=O)Oc1cc(C(=O)[O-])ccc1OC(F)(F)F. The Balaban J connectivity index is 3.19. The Kier molecular flexibility index (Phi) is 4.38. The van der Waals surface area contributed by atoms with Crippen LogP contribution in [0.15, 0.2) is 30.4 Å². The third-order valence-corrected chi connectivity index (χ3v) is 1.96. The molecule has 0 bridgehead atoms. The molecule has 1 aromatic rings. The van der Waals surface area contributed by atoms with Crippen molar-refractivity contribution in [2.45, 2.75) is 13.3 Å². The van der Waals surface area contributed by atoms with Crippen LogP contribution in [0.1, 0.15) is 17.3 Å². The first kappa shape index (κ1) is 15.5. The fraction of sp³-hybridized carbons (Fsp3) is 0.167. The number of carbonyl (C=O) groups excluding carboxylic acids is 2. The highest BCUT2D eigenvalue weighted by Crippen LogP contribution is 2.33. The van der Waals surface area contributed by atoms with Crippen molar-refractivity contribution < 1.29 is 37.3 Å². The van der Waals surface area contributed by atoms with Gasteiger partial charge in [0.15, 0.2) is 11.5 Å². The number of carbonyl (C=O) groups is 2. The van der Waals surface area contributed by atoms with Crippen molar-refractivity contribution in [3.05, 3.63) is 35.9 Å². The highest BCUT2D eigenvalue weighted by molar-refractivity contribution is 5.90. The van der Waals surface area contributed by atoms with E-state index in [9.17, 15) is 27.9 Å². The van der Waals surface area contributed by atoms with Crippen molar-refractivity contribution in [3.63, 3.8) is 0 Å². The van der Waals surface area contributed by atoms with E-state index in [1.54, 1.807) is 0 Å². The Morgan fingerprint density at radius 3 is 2.30 bits per heavy atom. The summed E-state index contributed by atoms with van der Waals surface area (Å²) in [4.78, 5) is 21.9. The molecule has 1 aromatic carbocycles. The second kappa shape index (κ2) is 5.64. The summed E-state index contributed by atoms with van der Waals surface area (Å²) in [6, 6.07) is 2.23.